The van der Waals surface area contributed by atoms with Crippen LogP contribution in [0.15, 0.2) is 0 Å². The molecule has 0 saturated carbocycles. The van der Waals surface area contributed by atoms with Gasteiger partial charge in [-0.3, -0.25) is 9.00 Å². The van der Waals surface area contributed by atoms with Gasteiger partial charge in [0.2, 0.25) is 0 Å². The van der Waals surface area contributed by atoms with Crippen molar-refractivity contribution in [2.24, 2.45) is 0 Å². The van der Waals surface area contributed by atoms with E-state index in [1.807, 2.05) is 0 Å². The first-order valence-corrected chi connectivity index (χ1v) is 6.66. The molecule has 2 amide bonds. The van der Waals surface area contributed by atoms with Crippen LogP contribution in [0.25, 0.3) is 0 Å². The Morgan fingerprint density at radius 3 is 2.44 bits per heavy atom. The molecule has 0 rings (SSSR count). The van der Waals surface area contributed by atoms with Crippen LogP contribution >= 0.6 is 0 Å². The summed E-state index contributed by atoms with van der Waals surface area (Å²) in [5.41, 5.74) is 0. The van der Waals surface area contributed by atoms with Crippen LogP contribution in [0.4, 0.5) is 4.79 Å². The van der Waals surface area contributed by atoms with Crippen molar-refractivity contribution in [2.45, 2.75) is 19.9 Å². The van der Waals surface area contributed by atoms with Gasteiger partial charge in [-0.05, 0) is 13.8 Å². The number of amides is 2. The van der Waals surface area contributed by atoms with Crippen molar-refractivity contribution >= 4 is 22.8 Å². The fraction of sp³-hybridized carbons (Fsp3) is 0.778. The summed E-state index contributed by atoms with van der Waals surface area (Å²) in [6.07, 6.45) is 1.55. The number of hydrogen-bond donors (Lipinski definition) is 2. The molecule has 0 aliphatic rings. The minimum atomic E-state index is -1.05. The highest BCUT2D eigenvalue weighted by molar-refractivity contribution is 7.84. The Kier molecular flexibility index (Phi) is 6.71. The largest absolute Gasteiger partial charge is 0.480 e. The molecule has 0 heterocycles. The van der Waals surface area contributed by atoms with Crippen LogP contribution < -0.4 is 5.32 Å². The monoisotopic (exact) mass is 250 g/mol. The fourth-order valence-electron chi connectivity index (χ4n) is 1.19. The summed E-state index contributed by atoms with van der Waals surface area (Å²) < 4.78 is 10.9. The first kappa shape index (κ1) is 14.9. The van der Waals surface area contributed by atoms with Crippen LogP contribution in [0, 0.1) is 0 Å². The molecular formula is C9H18N2O4S. The minimum absolute atomic E-state index is 0.235. The average Bonchev–Trinajstić information content (AvgIpc) is 2.11. The van der Waals surface area contributed by atoms with Gasteiger partial charge in [-0.1, -0.05) is 0 Å². The number of nitrogens with zero attached hydrogens (tertiary/aromatic N) is 1. The molecule has 0 fully saturated rings. The van der Waals surface area contributed by atoms with E-state index in [9.17, 15) is 13.8 Å². The van der Waals surface area contributed by atoms with Gasteiger partial charge in [-0.25, -0.2) is 4.79 Å². The van der Waals surface area contributed by atoms with Gasteiger partial charge >= 0.3 is 12.0 Å². The molecule has 0 spiro atoms. The van der Waals surface area contributed by atoms with Gasteiger partial charge in [-0.2, -0.15) is 0 Å². The zero-order valence-electron chi connectivity index (χ0n) is 9.73. The highest BCUT2D eigenvalue weighted by atomic mass is 32.2. The number of aliphatic carboxylic acids is 1. The van der Waals surface area contributed by atoms with Crippen molar-refractivity contribution in [3.05, 3.63) is 0 Å². The summed E-state index contributed by atoms with van der Waals surface area (Å²) >= 11 is 0. The lowest BCUT2D eigenvalue weighted by Gasteiger charge is -2.21. The Labute approximate surface area is 97.5 Å². The molecule has 2 atom stereocenters. The number of carboxylic acid groups (broad SMARTS) is 1. The van der Waals surface area contributed by atoms with Crippen LogP contribution in [0.3, 0.4) is 0 Å². The summed E-state index contributed by atoms with van der Waals surface area (Å²) in [4.78, 5) is 23.2. The fourth-order valence-corrected chi connectivity index (χ4v) is 1.97. The Hall–Kier alpha value is -1.11. The van der Waals surface area contributed by atoms with E-state index in [4.69, 9.17) is 5.11 Å². The number of rotatable bonds is 6. The van der Waals surface area contributed by atoms with Crippen molar-refractivity contribution < 1.29 is 18.9 Å². The van der Waals surface area contributed by atoms with Crippen molar-refractivity contribution in [1.29, 1.82) is 0 Å². The number of carbonyl (C=O) groups is 2. The Morgan fingerprint density at radius 1 is 1.50 bits per heavy atom. The smallest absolute Gasteiger partial charge is 0.323 e. The Morgan fingerprint density at radius 2 is 2.06 bits per heavy atom. The summed E-state index contributed by atoms with van der Waals surface area (Å²) in [5, 5.41) is 11.2. The van der Waals surface area contributed by atoms with E-state index >= 15 is 0 Å². The first-order valence-electron chi connectivity index (χ1n) is 4.94. The van der Waals surface area contributed by atoms with Gasteiger partial charge in [-0.15, -0.1) is 0 Å². The lowest BCUT2D eigenvalue weighted by molar-refractivity contribution is -0.137. The third-order valence-corrected chi connectivity index (χ3v) is 2.82. The first-order chi connectivity index (χ1) is 7.36. The quantitative estimate of drug-likeness (QED) is 0.687. The van der Waals surface area contributed by atoms with Crippen LogP contribution in [-0.4, -0.2) is 57.4 Å². The SMILES string of the molecule is CCN(CC(=O)O)C(=O)NC(C)CS(C)=O. The maximum absolute atomic E-state index is 11.6. The number of nitrogens with one attached hydrogen (secondary N) is 1. The van der Waals surface area contributed by atoms with Crippen molar-refractivity contribution in [2.75, 3.05) is 25.1 Å². The third-order valence-electron chi connectivity index (χ3n) is 1.85. The third kappa shape index (κ3) is 6.39. The van der Waals surface area contributed by atoms with Crippen molar-refractivity contribution in [1.82, 2.24) is 10.2 Å². The molecule has 0 bridgehead atoms. The Balaban J connectivity index is 4.20. The molecule has 0 aliphatic carbocycles. The summed E-state index contributed by atoms with van der Waals surface area (Å²) in [7, 11) is -0.988. The van der Waals surface area contributed by atoms with Crippen LogP contribution in [0.5, 0.6) is 0 Å². The van der Waals surface area contributed by atoms with Gasteiger partial charge in [0.05, 0.1) is 0 Å². The second-order valence-electron chi connectivity index (χ2n) is 3.50. The summed E-state index contributed by atoms with van der Waals surface area (Å²) in [6.45, 7) is 3.42. The number of hydrogen-bond acceptors (Lipinski definition) is 3. The standard InChI is InChI=1S/C9H18N2O4S/c1-4-11(5-8(12)13)9(14)10-7(2)6-16(3)15/h7H,4-6H2,1-3H3,(H,10,14)(H,12,13). The van der Waals surface area contributed by atoms with E-state index in [2.05, 4.69) is 5.32 Å². The molecule has 0 saturated heterocycles. The van der Waals surface area contributed by atoms with Gasteiger partial charge in [0, 0.05) is 35.4 Å². The molecule has 0 aliphatic heterocycles. The second-order valence-corrected chi connectivity index (χ2v) is 4.98. The Bertz CT molecular complexity index is 283. The normalized spacial score (nSPS) is 13.9. The molecule has 16 heavy (non-hydrogen) atoms. The zero-order chi connectivity index (χ0) is 12.7. The average molecular weight is 250 g/mol. The summed E-state index contributed by atoms with van der Waals surface area (Å²) in [5.74, 6) is -0.695. The number of carboxylic acids is 1. The maximum Gasteiger partial charge on any atom is 0.323 e. The molecule has 0 aromatic carbocycles. The maximum atomic E-state index is 11.6. The molecule has 2 unspecified atom stereocenters. The van der Waals surface area contributed by atoms with Gasteiger partial charge in [0.25, 0.3) is 0 Å². The highest BCUT2D eigenvalue weighted by Gasteiger charge is 2.16. The van der Waals surface area contributed by atoms with E-state index in [0.717, 1.165) is 0 Å². The number of carbonyl (C=O) groups excluding carboxylic acids is 1. The van der Waals surface area contributed by atoms with Crippen molar-refractivity contribution in [3.8, 4) is 0 Å². The molecule has 0 aromatic heterocycles. The lowest BCUT2D eigenvalue weighted by atomic mass is 10.4. The number of urea groups is 1. The van der Waals surface area contributed by atoms with Crippen LogP contribution in [0.2, 0.25) is 0 Å². The van der Waals surface area contributed by atoms with E-state index in [0.29, 0.717) is 12.3 Å². The van der Waals surface area contributed by atoms with Crippen LogP contribution in [-0.2, 0) is 15.6 Å². The molecule has 94 valence electrons. The van der Waals surface area contributed by atoms with Gasteiger partial charge < -0.3 is 15.3 Å². The van der Waals surface area contributed by atoms with Crippen LogP contribution in [0.1, 0.15) is 13.8 Å². The second kappa shape index (κ2) is 7.21. The highest BCUT2D eigenvalue weighted by Crippen LogP contribution is 1.93. The zero-order valence-corrected chi connectivity index (χ0v) is 10.5. The lowest BCUT2D eigenvalue weighted by Crippen LogP contribution is -2.47. The molecule has 0 radical (unpaired) electrons. The predicted octanol–water partition coefficient (Wildman–Crippen LogP) is -0.130. The molecule has 6 nitrogen and oxygen atoms in total. The van der Waals surface area contributed by atoms with E-state index in [-0.39, 0.29) is 12.6 Å². The van der Waals surface area contributed by atoms with E-state index in [1.165, 1.54) is 4.90 Å². The predicted molar refractivity (Wildman–Crippen MR) is 61.8 cm³/mol. The molecule has 0 aromatic rings. The molecule has 2 N–H and O–H groups in total. The molecular weight excluding hydrogens is 232 g/mol. The van der Waals surface area contributed by atoms with Gasteiger partial charge in [0.1, 0.15) is 6.54 Å². The summed E-state index contributed by atoms with van der Waals surface area (Å²) in [6, 6.07) is -0.677. The van der Waals surface area contributed by atoms with E-state index in [1.54, 1.807) is 20.1 Å². The topological polar surface area (TPSA) is 86.7 Å². The van der Waals surface area contributed by atoms with E-state index < -0.39 is 22.8 Å². The minimum Gasteiger partial charge on any atom is -0.480 e. The van der Waals surface area contributed by atoms with Crippen molar-refractivity contribution in [3.63, 3.8) is 0 Å². The van der Waals surface area contributed by atoms with Gasteiger partial charge in [0.15, 0.2) is 0 Å². The molecule has 7 heteroatoms. The number of likely N-dealkylation sites (N-methyl/N-ethyl adjacent to an activating group) is 1.